The standard InChI is InChI=1S/C26H25N3O2S/c1-3-31-24-11-7-6-10-22(24)28-25(30)17-32-26-23(16-19-14-12-18(2)13-15-19)27-20-8-4-5-9-21(20)29-26/h4-15H,3,16-17H2,1-2H3,(H,28,30). The summed E-state index contributed by atoms with van der Waals surface area (Å²) in [6.07, 6.45) is 0.662. The Bertz CT molecular complexity index is 1230. The number of ether oxygens (including phenoxy) is 1. The summed E-state index contributed by atoms with van der Waals surface area (Å²) >= 11 is 1.40. The summed E-state index contributed by atoms with van der Waals surface area (Å²) in [7, 11) is 0. The second kappa shape index (κ2) is 10.3. The maximum absolute atomic E-state index is 12.7. The van der Waals surface area contributed by atoms with Crippen molar-refractivity contribution in [3.63, 3.8) is 0 Å². The Morgan fingerprint density at radius 1 is 0.938 bits per heavy atom. The van der Waals surface area contributed by atoms with E-state index in [-0.39, 0.29) is 11.7 Å². The lowest BCUT2D eigenvalue weighted by molar-refractivity contribution is -0.113. The summed E-state index contributed by atoms with van der Waals surface area (Å²) < 4.78 is 5.60. The van der Waals surface area contributed by atoms with E-state index in [9.17, 15) is 4.79 Å². The van der Waals surface area contributed by atoms with Crippen molar-refractivity contribution in [2.24, 2.45) is 0 Å². The van der Waals surface area contributed by atoms with E-state index in [1.54, 1.807) is 0 Å². The van der Waals surface area contributed by atoms with Crippen molar-refractivity contribution in [2.45, 2.75) is 25.3 Å². The summed E-state index contributed by atoms with van der Waals surface area (Å²) in [5, 5.41) is 3.72. The Kier molecular flexibility index (Phi) is 7.02. The largest absolute Gasteiger partial charge is 0.492 e. The molecule has 0 bridgehead atoms. The molecule has 0 atom stereocenters. The molecule has 162 valence electrons. The van der Waals surface area contributed by atoms with Gasteiger partial charge in [0, 0.05) is 6.42 Å². The molecular weight excluding hydrogens is 418 g/mol. The van der Waals surface area contributed by atoms with Crippen LogP contribution in [0.25, 0.3) is 11.0 Å². The number of nitrogens with one attached hydrogen (secondary N) is 1. The zero-order valence-electron chi connectivity index (χ0n) is 18.2. The molecule has 4 aromatic rings. The van der Waals surface area contributed by atoms with E-state index in [2.05, 4.69) is 36.5 Å². The highest BCUT2D eigenvalue weighted by atomic mass is 32.2. The molecule has 32 heavy (non-hydrogen) atoms. The SMILES string of the molecule is CCOc1ccccc1NC(=O)CSc1nc2ccccc2nc1Cc1ccc(C)cc1. The molecule has 0 aliphatic carbocycles. The minimum Gasteiger partial charge on any atom is -0.492 e. The molecule has 6 heteroatoms. The van der Waals surface area contributed by atoms with Gasteiger partial charge in [-0.1, -0.05) is 65.9 Å². The molecule has 1 amide bonds. The molecule has 0 spiro atoms. The number of hydrogen-bond acceptors (Lipinski definition) is 5. The Hall–Kier alpha value is -3.38. The first-order valence-electron chi connectivity index (χ1n) is 10.6. The number of amides is 1. The lowest BCUT2D eigenvalue weighted by Gasteiger charge is -2.12. The molecule has 0 aliphatic rings. The third kappa shape index (κ3) is 5.45. The van der Waals surface area contributed by atoms with Crippen LogP contribution in [0.15, 0.2) is 77.8 Å². The second-order valence-corrected chi connectivity index (χ2v) is 8.36. The van der Waals surface area contributed by atoms with Crippen molar-refractivity contribution >= 4 is 34.4 Å². The minimum absolute atomic E-state index is 0.113. The predicted molar refractivity (Wildman–Crippen MR) is 130 cm³/mol. The van der Waals surface area contributed by atoms with Gasteiger partial charge in [0.2, 0.25) is 5.91 Å². The molecule has 0 aliphatic heterocycles. The number of nitrogens with zero attached hydrogens (tertiary/aromatic N) is 2. The van der Waals surface area contributed by atoms with Gasteiger partial charge in [0.25, 0.3) is 0 Å². The normalized spacial score (nSPS) is 10.8. The first kappa shape index (κ1) is 21.8. The van der Waals surface area contributed by atoms with E-state index in [0.29, 0.717) is 24.5 Å². The maximum atomic E-state index is 12.7. The highest BCUT2D eigenvalue weighted by Gasteiger charge is 2.14. The van der Waals surface area contributed by atoms with Crippen LogP contribution in [-0.4, -0.2) is 28.2 Å². The van der Waals surface area contributed by atoms with Gasteiger partial charge in [0.1, 0.15) is 10.8 Å². The van der Waals surface area contributed by atoms with E-state index in [1.807, 2.05) is 55.5 Å². The van der Waals surface area contributed by atoms with Crippen molar-refractivity contribution in [1.29, 1.82) is 0 Å². The number of rotatable bonds is 8. The molecule has 5 nitrogen and oxygen atoms in total. The number of thioether (sulfide) groups is 1. The van der Waals surface area contributed by atoms with Crippen molar-refractivity contribution in [3.8, 4) is 5.75 Å². The monoisotopic (exact) mass is 443 g/mol. The fourth-order valence-corrected chi connectivity index (χ4v) is 4.11. The smallest absolute Gasteiger partial charge is 0.234 e. The van der Waals surface area contributed by atoms with Crippen LogP contribution in [-0.2, 0) is 11.2 Å². The molecule has 1 aromatic heterocycles. The van der Waals surface area contributed by atoms with Gasteiger partial charge in [-0.2, -0.15) is 0 Å². The summed E-state index contributed by atoms with van der Waals surface area (Å²) in [5.41, 5.74) is 5.61. The van der Waals surface area contributed by atoms with Crippen LogP contribution >= 0.6 is 11.8 Å². The summed E-state index contributed by atoms with van der Waals surface area (Å²) in [5.74, 6) is 0.784. The molecule has 0 saturated heterocycles. The maximum Gasteiger partial charge on any atom is 0.234 e. The Morgan fingerprint density at radius 3 is 2.38 bits per heavy atom. The number of carbonyl (C=O) groups is 1. The van der Waals surface area contributed by atoms with Crippen LogP contribution < -0.4 is 10.1 Å². The number of para-hydroxylation sites is 4. The lowest BCUT2D eigenvalue weighted by Crippen LogP contribution is -2.15. The number of carbonyl (C=O) groups excluding carboxylic acids is 1. The van der Waals surface area contributed by atoms with E-state index in [4.69, 9.17) is 14.7 Å². The zero-order valence-corrected chi connectivity index (χ0v) is 19.0. The molecule has 0 radical (unpaired) electrons. The number of aromatic nitrogens is 2. The topological polar surface area (TPSA) is 64.1 Å². The molecule has 3 aromatic carbocycles. The molecular formula is C26H25N3O2S. The first-order chi connectivity index (χ1) is 15.6. The number of benzene rings is 3. The average molecular weight is 444 g/mol. The van der Waals surface area contributed by atoms with Gasteiger partial charge in [0.05, 0.1) is 34.8 Å². The molecule has 0 saturated carbocycles. The molecule has 1 heterocycles. The fourth-order valence-electron chi connectivity index (χ4n) is 3.32. The summed E-state index contributed by atoms with van der Waals surface area (Å²) in [6, 6.07) is 23.7. The summed E-state index contributed by atoms with van der Waals surface area (Å²) in [4.78, 5) is 22.3. The van der Waals surface area contributed by atoms with Crippen molar-refractivity contribution < 1.29 is 9.53 Å². The van der Waals surface area contributed by atoms with Crippen LogP contribution in [0.3, 0.4) is 0 Å². The van der Waals surface area contributed by atoms with Gasteiger partial charge in [-0.3, -0.25) is 4.79 Å². The minimum atomic E-state index is -0.113. The van der Waals surface area contributed by atoms with Crippen molar-refractivity contribution in [2.75, 3.05) is 17.7 Å². The highest BCUT2D eigenvalue weighted by Crippen LogP contribution is 2.27. The van der Waals surface area contributed by atoms with Gasteiger partial charge in [-0.25, -0.2) is 9.97 Å². The number of anilines is 1. The van der Waals surface area contributed by atoms with E-state index >= 15 is 0 Å². The first-order valence-corrected chi connectivity index (χ1v) is 11.6. The number of hydrogen-bond donors (Lipinski definition) is 1. The van der Waals surface area contributed by atoms with Gasteiger partial charge in [-0.05, 0) is 43.7 Å². The number of aryl methyl sites for hydroxylation is 1. The Balaban J connectivity index is 1.53. The Morgan fingerprint density at radius 2 is 1.62 bits per heavy atom. The predicted octanol–water partition coefficient (Wildman–Crippen LogP) is 5.66. The van der Waals surface area contributed by atoms with E-state index < -0.39 is 0 Å². The van der Waals surface area contributed by atoms with Gasteiger partial charge >= 0.3 is 0 Å². The average Bonchev–Trinajstić information content (AvgIpc) is 2.80. The van der Waals surface area contributed by atoms with Gasteiger partial charge in [-0.15, -0.1) is 0 Å². The quantitative estimate of drug-likeness (QED) is 0.356. The lowest BCUT2D eigenvalue weighted by atomic mass is 10.1. The van der Waals surface area contributed by atoms with Crippen LogP contribution in [0.1, 0.15) is 23.7 Å². The van der Waals surface area contributed by atoms with E-state index in [0.717, 1.165) is 27.3 Å². The fraction of sp³-hybridized carbons (Fsp3) is 0.192. The van der Waals surface area contributed by atoms with Crippen LogP contribution in [0.4, 0.5) is 5.69 Å². The summed E-state index contributed by atoms with van der Waals surface area (Å²) in [6.45, 7) is 4.53. The van der Waals surface area contributed by atoms with Crippen molar-refractivity contribution in [1.82, 2.24) is 9.97 Å². The van der Waals surface area contributed by atoms with Gasteiger partial charge in [0.15, 0.2) is 0 Å². The van der Waals surface area contributed by atoms with E-state index in [1.165, 1.54) is 17.3 Å². The molecule has 0 fully saturated rings. The second-order valence-electron chi connectivity index (χ2n) is 7.39. The Labute approximate surface area is 192 Å². The third-order valence-corrected chi connectivity index (χ3v) is 5.91. The highest BCUT2D eigenvalue weighted by molar-refractivity contribution is 8.00. The van der Waals surface area contributed by atoms with Crippen molar-refractivity contribution in [3.05, 3.63) is 89.6 Å². The molecule has 1 N–H and O–H groups in total. The third-order valence-electron chi connectivity index (χ3n) is 4.90. The van der Waals surface area contributed by atoms with Crippen LogP contribution in [0.5, 0.6) is 5.75 Å². The molecule has 4 rings (SSSR count). The van der Waals surface area contributed by atoms with Crippen LogP contribution in [0.2, 0.25) is 0 Å². The number of fused-ring (bicyclic) bond motifs is 1. The zero-order chi connectivity index (χ0) is 22.3. The molecule has 0 unspecified atom stereocenters. The van der Waals surface area contributed by atoms with Gasteiger partial charge < -0.3 is 10.1 Å². The van der Waals surface area contributed by atoms with Crippen LogP contribution in [0, 0.1) is 6.92 Å².